The Morgan fingerprint density at radius 3 is 2.80 bits per heavy atom. The second kappa shape index (κ2) is 7.42. The lowest BCUT2D eigenvalue weighted by molar-refractivity contribution is -0.145. The molecule has 0 aliphatic heterocycles. The number of methoxy groups -OCH3 is 1. The third kappa shape index (κ3) is 3.84. The van der Waals surface area contributed by atoms with Gasteiger partial charge in [-0.3, -0.25) is 9.59 Å². The van der Waals surface area contributed by atoms with Gasteiger partial charge in [0.25, 0.3) is 5.91 Å². The van der Waals surface area contributed by atoms with E-state index in [0.29, 0.717) is 18.4 Å². The van der Waals surface area contributed by atoms with Crippen molar-refractivity contribution in [3.63, 3.8) is 0 Å². The standard InChI is InChI=1S/C19H20N2O4/c1-25-19(24)17(13-6-4-7-14(22)11-13)21-18(23)16-10-9-12-5-2-3-8-15(12)20-16/h2-3,5,8-10,13,17H,4,6-7,11H2,1H3,(H,21,23)/t13-,17-/m1/s1. The van der Waals surface area contributed by atoms with E-state index in [0.717, 1.165) is 11.8 Å². The molecule has 25 heavy (non-hydrogen) atoms. The number of nitrogens with zero attached hydrogens (tertiary/aromatic N) is 1. The first-order valence-corrected chi connectivity index (χ1v) is 8.34. The summed E-state index contributed by atoms with van der Waals surface area (Å²) in [5.41, 5.74) is 0.937. The van der Waals surface area contributed by atoms with Crippen molar-refractivity contribution in [2.75, 3.05) is 7.11 Å². The molecule has 1 N–H and O–H groups in total. The summed E-state index contributed by atoms with van der Waals surface area (Å²) in [5.74, 6) is -1.10. The Morgan fingerprint density at radius 2 is 2.04 bits per heavy atom. The quantitative estimate of drug-likeness (QED) is 0.863. The highest BCUT2D eigenvalue weighted by Gasteiger charge is 2.34. The molecule has 1 saturated carbocycles. The van der Waals surface area contributed by atoms with E-state index in [1.54, 1.807) is 6.07 Å². The van der Waals surface area contributed by atoms with E-state index in [4.69, 9.17) is 4.74 Å². The maximum Gasteiger partial charge on any atom is 0.328 e. The van der Waals surface area contributed by atoms with Crippen LogP contribution in [0.1, 0.15) is 36.2 Å². The van der Waals surface area contributed by atoms with E-state index in [9.17, 15) is 14.4 Å². The van der Waals surface area contributed by atoms with Gasteiger partial charge in [0.05, 0.1) is 12.6 Å². The highest BCUT2D eigenvalue weighted by molar-refractivity contribution is 5.97. The molecule has 1 fully saturated rings. The Hall–Kier alpha value is -2.76. The van der Waals surface area contributed by atoms with E-state index in [1.165, 1.54) is 7.11 Å². The van der Waals surface area contributed by atoms with Gasteiger partial charge >= 0.3 is 5.97 Å². The Kier molecular flexibility index (Phi) is 5.07. The second-order valence-corrected chi connectivity index (χ2v) is 6.26. The molecule has 1 amide bonds. The third-order valence-corrected chi connectivity index (χ3v) is 4.56. The first kappa shape index (κ1) is 17.1. The predicted molar refractivity (Wildman–Crippen MR) is 92.0 cm³/mol. The largest absolute Gasteiger partial charge is 0.467 e. The van der Waals surface area contributed by atoms with Crippen molar-refractivity contribution in [3.05, 3.63) is 42.1 Å². The number of rotatable bonds is 4. The number of Topliss-reactive ketones (excluding diaryl/α,β-unsaturated/α-hetero) is 1. The van der Waals surface area contributed by atoms with Crippen LogP contribution in [0, 0.1) is 5.92 Å². The number of hydrogen-bond donors (Lipinski definition) is 1. The van der Waals surface area contributed by atoms with Crippen LogP contribution in [0.3, 0.4) is 0 Å². The molecule has 3 rings (SSSR count). The molecular formula is C19H20N2O4. The summed E-state index contributed by atoms with van der Waals surface area (Å²) < 4.78 is 4.82. The van der Waals surface area contributed by atoms with E-state index in [2.05, 4.69) is 10.3 Å². The van der Waals surface area contributed by atoms with Crippen LogP contribution in [-0.2, 0) is 14.3 Å². The number of ether oxygens (including phenoxy) is 1. The fourth-order valence-electron chi connectivity index (χ4n) is 3.25. The number of benzene rings is 1. The maximum absolute atomic E-state index is 12.6. The van der Waals surface area contributed by atoms with Gasteiger partial charge in [-0.05, 0) is 30.9 Å². The number of esters is 1. The van der Waals surface area contributed by atoms with Crippen LogP contribution >= 0.6 is 0 Å². The summed E-state index contributed by atoms with van der Waals surface area (Å²) in [6, 6.07) is 10.1. The number of carbonyl (C=O) groups is 3. The molecule has 1 aliphatic rings. The van der Waals surface area contributed by atoms with Crippen LogP contribution in [-0.4, -0.2) is 35.8 Å². The smallest absolute Gasteiger partial charge is 0.328 e. The summed E-state index contributed by atoms with van der Waals surface area (Å²) in [5, 5.41) is 3.64. The maximum atomic E-state index is 12.6. The predicted octanol–water partition coefficient (Wildman–Crippen LogP) is 2.27. The molecule has 0 saturated heterocycles. The highest BCUT2D eigenvalue weighted by atomic mass is 16.5. The number of aromatic nitrogens is 1. The highest BCUT2D eigenvalue weighted by Crippen LogP contribution is 2.25. The normalized spacial score (nSPS) is 18.6. The van der Waals surface area contributed by atoms with Crippen molar-refractivity contribution in [2.24, 2.45) is 5.92 Å². The molecular weight excluding hydrogens is 320 g/mol. The molecule has 6 nitrogen and oxygen atoms in total. The molecule has 0 unspecified atom stereocenters. The number of nitrogens with one attached hydrogen (secondary N) is 1. The lowest BCUT2D eigenvalue weighted by Gasteiger charge is -2.28. The number of carbonyl (C=O) groups excluding carboxylic acids is 3. The minimum absolute atomic E-state index is 0.114. The fraction of sp³-hybridized carbons (Fsp3) is 0.368. The Balaban J connectivity index is 1.81. The first-order chi connectivity index (χ1) is 12.1. The molecule has 1 heterocycles. The minimum Gasteiger partial charge on any atom is -0.467 e. The number of hydrogen-bond acceptors (Lipinski definition) is 5. The summed E-state index contributed by atoms with van der Waals surface area (Å²) in [6.45, 7) is 0. The van der Waals surface area contributed by atoms with Crippen molar-refractivity contribution in [2.45, 2.75) is 31.7 Å². The minimum atomic E-state index is -0.838. The average molecular weight is 340 g/mol. The zero-order valence-corrected chi connectivity index (χ0v) is 14.0. The van der Waals surface area contributed by atoms with E-state index in [1.807, 2.05) is 30.3 Å². The van der Waals surface area contributed by atoms with Gasteiger partial charge in [0.2, 0.25) is 0 Å². The van der Waals surface area contributed by atoms with Gasteiger partial charge in [0.15, 0.2) is 0 Å². The van der Waals surface area contributed by atoms with Crippen LogP contribution in [0.5, 0.6) is 0 Å². The van der Waals surface area contributed by atoms with E-state index in [-0.39, 0.29) is 23.8 Å². The van der Waals surface area contributed by atoms with Gasteiger partial charge in [0, 0.05) is 18.2 Å². The van der Waals surface area contributed by atoms with Gasteiger partial charge in [-0.1, -0.05) is 24.3 Å². The molecule has 130 valence electrons. The van der Waals surface area contributed by atoms with Crippen molar-refractivity contribution in [1.82, 2.24) is 10.3 Å². The topological polar surface area (TPSA) is 85.4 Å². The van der Waals surface area contributed by atoms with E-state index >= 15 is 0 Å². The lowest BCUT2D eigenvalue weighted by atomic mass is 9.83. The monoisotopic (exact) mass is 340 g/mol. The fourth-order valence-corrected chi connectivity index (χ4v) is 3.25. The Morgan fingerprint density at radius 1 is 1.24 bits per heavy atom. The number of fused-ring (bicyclic) bond motifs is 1. The Labute approximate surface area is 145 Å². The van der Waals surface area contributed by atoms with Crippen molar-refractivity contribution in [1.29, 1.82) is 0 Å². The second-order valence-electron chi connectivity index (χ2n) is 6.26. The van der Waals surface area contributed by atoms with Crippen LogP contribution < -0.4 is 5.32 Å². The molecule has 2 aromatic rings. The number of para-hydroxylation sites is 1. The summed E-state index contributed by atoms with van der Waals surface area (Å²) in [6.07, 6.45) is 2.24. The van der Waals surface area contributed by atoms with Gasteiger partial charge in [-0.25, -0.2) is 9.78 Å². The van der Waals surface area contributed by atoms with Gasteiger partial charge < -0.3 is 10.1 Å². The van der Waals surface area contributed by atoms with Crippen molar-refractivity contribution >= 4 is 28.6 Å². The molecule has 0 radical (unpaired) electrons. The Bertz CT molecular complexity index is 818. The van der Waals surface area contributed by atoms with Gasteiger partial charge in [0.1, 0.15) is 17.5 Å². The number of pyridine rings is 1. The average Bonchev–Trinajstić information content (AvgIpc) is 2.64. The number of ketones is 1. The zero-order valence-electron chi connectivity index (χ0n) is 14.0. The zero-order chi connectivity index (χ0) is 17.8. The SMILES string of the molecule is COC(=O)[C@H](NC(=O)c1ccc2ccccc2n1)[C@@H]1CCCC(=O)C1. The van der Waals surface area contributed by atoms with Crippen molar-refractivity contribution in [3.8, 4) is 0 Å². The molecule has 1 aromatic heterocycles. The van der Waals surface area contributed by atoms with Crippen molar-refractivity contribution < 1.29 is 19.1 Å². The molecule has 0 spiro atoms. The van der Waals surface area contributed by atoms with E-state index < -0.39 is 17.9 Å². The molecule has 6 heteroatoms. The van der Waals surface area contributed by atoms with Crippen LogP contribution in [0.15, 0.2) is 36.4 Å². The summed E-state index contributed by atoms with van der Waals surface area (Å²) in [7, 11) is 1.28. The summed E-state index contributed by atoms with van der Waals surface area (Å²) >= 11 is 0. The summed E-state index contributed by atoms with van der Waals surface area (Å²) in [4.78, 5) is 40.8. The van der Waals surface area contributed by atoms with Gasteiger partial charge in [-0.15, -0.1) is 0 Å². The van der Waals surface area contributed by atoms with Gasteiger partial charge in [-0.2, -0.15) is 0 Å². The molecule has 1 aromatic carbocycles. The number of amides is 1. The lowest BCUT2D eigenvalue weighted by Crippen LogP contribution is -2.48. The molecule has 2 atom stereocenters. The van der Waals surface area contributed by atoms with Crippen LogP contribution in [0.25, 0.3) is 10.9 Å². The van der Waals surface area contributed by atoms with Crippen LogP contribution in [0.2, 0.25) is 0 Å². The molecule has 1 aliphatic carbocycles. The first-order valence-electron chi connectivity index (χ1n) is 8.34. The van der Waals surface area contributed by atoms with Crippen LogP contribution in [0.4, 0.5) is 0 Å². The molecule has 0 bridgehead atoms. The third-order valence-electron chi connectivity index (χ3n) is 4.56.